The van der Waals surface area contributed by atoms with E-state index in [1.807, 2.05) is 0 Å². The van der Waals surface area contributed by atoms with E-state index in [2.05, 4.69) is 19.9 Å². The van der Waals surface area contributed by atoms with E-state index in [9.17, 15) is 9.59 Å². The number of carbonyl (C=O) groups excluding carboxylic acids is 2. The van der Waals surface area contributed by atoms with Crippen LogP contribution < -0.4 is 0 Å². The average Bonchev–Trinajstić information content (AvgIpc) is 3.27. The van der Waals surface area contributed by atoms with Gasteiger partial charge >= 0.3 is 5.97 Å². The molecule has 0 radical (unpaired) electrons. The number of ketones is 1. The highest BCUT2D eigenvalue weighted by molar-refractivity contribution is 5.90. The van der Waals surface area contributed by atoms with Crippen molar-refractivity contribution < 1.29 is 19.1 Å². The zero-order valence-electron chi connectivity index (χ0n) is 17.0. The smallest absolute Gasteiger partial charge is 0.302 e. The number of ether oxygens (including phenoxy) is 2. The molecule has 0 aromatic heterocycles. The Hall–Kier alpha value is -1.16. The maximum absolute atomic E-state index is 12.5. The molecular weight excluding hydrogens is 340 g/mol. The molecule has 5 rings (SSSR count). The van der Waals surface area contributed by atoms with Crippen molar-refractivity contribution in [1.82, 2.24) is 0 Å². The number of carbonyl (C=O) groups is 2. The Balaban J connectivity index is 1.43. The average molecular weight is 373 g/mol. The van der Waals surface area contributed by atoms with Crippen molar-refractivity contribution in [3.05, 3.63) is 11.6 Å². The molecule has 4 aliphatic carbocycles. The Morgan fingerprint density at radius 1 is 1.15 bits per heavy atom. The van der Waals surface area contributed by atoms with Crippen LogP contribution in [0.4, 0.5) is 0 Å². The van der Waals surface area contributed by atoms with E-state index in [0.29, 0.717) is 17.8 Å². The quantitative estimate of drug-likeness (QED) is 0.414. The minimum Gasteiger partial charge on any atom is -0.462 e. The molecule has 4 nitrogen and oxygen atoms in total. The van der Waals surface area contributed by atoms with Crippen molar-refractivity contribution in [1.29, 1.82) is 0 Å². The SMILES string of the molecule is CC(=O)O[C@H]1CC[C@@]2(C)C(=CC[C@@H]3[C@H]2CC[C@@]2(C)[C@@H]3C[C@H]3O[C@]32C(C)=O)C1. The summed E-state index contributed by atoms with van der Waals surface area (Å²) >= 11 is 0. The van der Waals surface area contributed by atoms with E-state index >= 15 is 0 Å². The van der Waals surface area contributed by atoms with Gasteiger partial charge in [0.15, 0.2) is 11.4 Å². The predicted octanol–water partition coefficient (Wildman–Crippen LogP) is 4.22. The molecule has 1 saturated heterocycles. The molecule has 0 N–H and O–H groups in total. The second kappa shape index (κ2) is 5.46. The molecular formula is C23H32O4. The van der Waals surface area contributed by atoms with Gasteiger partial charge in [0, 0.05) is 18.8 Å². The van der Waals surface area contributed by atoms with Gasteiger partial charge < -0.3 is 9.47 Å². The summed E-state index contributed by atoms with van der Waals surface area (Å²) in [5, 5.41) is 0. The molecule has 5 aliphatic rings. The lowest BCUT2D eigenvalue weighted by atomic mass is 9.47. The lowest BCUT2D eigenvalue weighted by Crippen LogP contribution is -2.54. The largest absolute Gasteiger partial charge is 0.462 e. The van der Waals surface area contributed by atoms with Crippen LogP contribution in [0.1, 0.15) is 72.6 Å². The molecule has 27 heavy (non-hydrogen) atoms. The van der Waals surface area contributed by atoms with Gasteiger partial charge in [0.1, 0.15) is 6.10 Å². The molecule has 0 aromatic carbocycles. The Morgan fingerprint density at radius 2 is 1.93 bits per heavy atom. The number of fused-ring (bicyclic) bond motifs is 7. The van der Waals surface area contributed by atoms with Gasteiger partial charge in [0.25, 0.3) is 0 Å². The van der Waals surface area contributed by atoms with Crippen LogP contribution >= 0.6 is 0 Å². The topological polar surface area (TPSA) is 55.9 Å². The van der Waals surface area contributed by atoms with Gasteiger partial charge in [-0.3, -0.25) is 9.59 Å². The summed E-state index contributed by atoms with van der Waals surface area (Å²) in [4.78, 5) is 23.8. The fraction of sp³-hybridized carbons (Fsp3) is 0.826. The molecule has 8 atom stereocenters. The third-order valence-corrected chi connectivity index (χ3v) is 9.34. The number of epoxide rings is 1. The molecule has 0 unspecified atom stereocenters. The predicted molar refractivity (Wildman–Crippen MR) is 101 cm³/mol. The van der Waals surface area contributed by atoms with Gasteiger partial charge in [-0.05, 0) is 68.6 Å². The third kappa shape index (κ3) is 2.14. The van der Waals surface area contributed by atoms with Crippen LogP contribution in [-0.4, -0.2) is 29.6 Å². The molecule has 0 amide bonds. The molecule has 4 fully saturated rings. The van der Waals surface area contributed by atoms with E-state index in [1.54, 1.807) is 6.92 Å². The van der Waals surface area contributed by atoms with Gasteiger partial charge in [-0.1, -0.05) is 25.5 Å². The van der Waals surface area contributed by atoms with E-state index in [1.165, 1.54) is 18.9 Å². The molecule has 3 saturated carbocycles. The Morgan fingerprint density at radius 3 is 2.63 bits per heavy atom. The van der Waals surface area contributed by atoms with Crippen LogP contribution in [0.2, 0.25) is 0 Å². The summed E-state index contributed by atoms with van der Waals surface area (Å²) < 4.78 is 11.6. The minimum atomic E-state index is -0.472. The summed E-state index contributed by atoms with van der Waals surface area (Å²) in [7, 11) is 0. The van der Waals surface area contributed by atoms with Crippen molar-refractivity contribution >= 4 is 11.8 Å². The maximum Gasteiger partial charge on any atom is 0.302 e. The molecule has 0 aromatic rings. The van der Waals surface area contributed by atoms with E-state index in [-0.39, 0.29) is 34.8 Å². The second-order valence-corrected chi connectivity index (χ2v) is 10.3. The van der Waals surface area contributed by atoms with Crippen LogP contribution in [-0.2, 0) is 19.1 Å². The molecule has 148 valence electrons. The Bertz CT molecular complexity index is 741. The van der Waals surface area contributed by atoms with Gasteiger partial charge in [-0.25, -0.2) is 0 Å². The van der Waals surface area contributed by atoms with Gasteiger partial charge in [-0.15, -0.1) is 0 Å². The van der Waals surface area contributed by atoms with Crippen molar-refractivity contribution in [2.45, 2.75) is 90.4 Å². The second-order valence-electron chi connectivity index (χ2n) is 10.3. The van der Waals surface area contributed by atoms with E-state index in [4.69, 9.17) is 9.47 Å². The van der Waals surface area contributed by atoms with Gasteiger partial charge in [-0.2, -0.15) is 0 Å². The number of rotatable bonds is 2. The highest BCUT2D eigenvalue weighted by Crippen LogP contribution is 2.73. The maximum atomic E-state index is 12.5. The lowest BCUT2D eigenvalue weighted by molar-refractivity contribution is -0.149. The highest BCUT2D eigenvalue weighted by Gasteiger charge is 2.79. The van der Waals surface area contributed by atoms with E-state index < -0.39 is 5.60 Å². The van der Waals surface area contributed by atoms with Crippen LogP contribution in [0.15, 0.2) is 11.6 Å². The van der Waals surface area contributed by atoms with Gasteiger partial charge in [0.05, 0.1) is 6.10 Å². The summed E-state index contributed by atoms with van der Waals surface area (Å²) in [6.45, 7) is 8.03. The zero-order valence-corrected chi connectivity index (χ0v) is 17.0. The number of hydrogen-bond acceptors (Lipinski definition) is 4. The van der Waals surface area contributed by atoms with E-state index in [0.717, 1.165) is 38.5 Å². The number of Topliss-reactive ketones (excluding diaryl/α,β-unsaturated/α-hetero) is 1. The van der Waals surface area contributed by atoms with Gasteiger partial charge in [0.2, 0.25) is 0 Å². The Labute approximate surface area is 162 Å². The van der Waals surface area contributed by atoms with Crippen LogP contribution in [0.3, 0.4) is 0 Å². The zero-order chi connectivity index (χ0) is 19.2. The fourth-order valence-electron chi connectivity index (χ4n) is 8.03. The first-order chi connectivity index (χ1) is 12.7. The third-order valence-electron chi connectivity index (χ3n) is 9.34. The summed E-state index contributed by atoms with van der Waals surface area (Å²) in [5.41, 5.74) is 1.30. The first-order valence-electron chi connectivity index (χ1n) is 10.8. The highest BCUT2D eigenvalue weighted by atomic mass is 16.6. The number of esters is 1. The standard InChI is InChI=1S/C23H32O4/c1-13(24)23-20(27-23)12-19-17-6-5-15-11-16(26-14(2)25)7-9-21(15,3)18(17)8-10-22(19,23)4/h5,16-20H,6-12H2,1-4H3/t16-,17+,18+,19+,20+,21-,22-,23+/m0/s1. The molecule has 0 spiro atoms. The van der Waals surface area contributed by atoms with Crippen molar-refractivity contribution in [2.75, 3.05) is 0 Å². The number of hydrogen-bond donors (Lipinski definition) is 0. The van der Waals surface area contributed by atoms with Crippen LogP contribution in [0, 0.1) is 28.6 Å². The van der Waals surface area contributed by atoms with Crippen LogP contribution in [0.5, 0.6) is 0 Å². The molecule has 1 aliphatic heterocycles. The molecule has 0 bridgehead atoms. The normalized spacial score (nSPS) is 52.6. The van der Waals surface area contributed by atoms with Crippen molar-refractivity contribution in [3.8, 4) is 0 Å². The first-order valence-corrected chi connectivity index (χ1v) is 10.8. The summed E-state index contributed by atoms with van der Waals surface area (Å²) in [6, 6.07) is 0. The van der Waals surface area contributed by atoms with Crippen molar-refractivity contribution in [3.63, 3.8) is 0 Å². The Kier molecular flexibility index (Phi) is 3.62. The summed E-state index contributed by atoms with van der Waals surface area (Å²) in [5.74, 6) is 2.03. The molecule has 4 heteroatoms. The van der Waals surface area contributed by atoms with Crippen LogP contribution in [0.25, 0.3) is 0 Å². The lowest BCUT2D eigenvalue weighted by Gasteiger charge is -2.58. The first kappa shape index (κ1) is 17.9. The fourth-order valence-corrected chi connectivity index (χ4v) is 8.03. The monoisotopic (exact) mass is 372 g/mol. The van der Waals surface area contributed by atoms with Crippen molar-refractivity contribution in [2.24, 2.45) is 28.6 Å². The minimum absolute atomic E-state index is 0.0152. The summed E-state index contributed by atoms with van der Waals surface area (Å²) in [6.07, 6.45) is 10.1. The number of allylic oxidation sites excluding steroid dienone is 1. The molecule has 1 heterocycles.